The monoisotopic (exact) mass is 240 g/mol. The van der Waals surface area contributed by atoms with Crippen molar-refractivity contribution < 1.29 is 9.84 Å². The summed E-state index contributed by atoms with van der Waals surface area (Å²) >= 11 is 6.16. The minimum absolute atomic E-state index is 0.0278. The number of benzene rings is 1. The van der Waals surface area contributed by atoms with Crippen LogP contribution in [0.1, 0.15) is 32.3 Å². The third-order valence-electron chi connectivity index (χ3n) is 3.06. The van der Waals surface area contributed by atoms with Gasteiger partial charge in [-0.15, -0.1) is 0 Å². The van der Waals surface area contributed by atoms with Gasteiger partial charge in [0, 0.05) is 5.41 Å². The molecule has 1 saturated carbocycles. The summed E-state index contributed by atoms with van der Waals surface area (Å²) in [5.74, 6) is 0.717. The summed E-state index contributed by atoms with van der Waals surface area (Å²) < 4.78 is 5.57. The number of ether oxygens (including phenoxy) is 1. The number of aliphatic hydroxyl groups excluding tert-OH is 1. The zero-order valence-electron chi connectivity index (χ0n) is 9.66. The minimum Gasteiger partial charge on any atom is -0.489 e. The van der Waals surface area contributed by atoms with Gasteiger partial charge in [0.25, 0.3) is 0 Å². The molecule has 1 aliphatic carbocycles. The molecule has 0 aliphatic heterocycles. The van der Waals surface area contributed by atoms with Gasteiger partial charge in [0.15, 0.2) is 0 Å². The van der Waals surface area contributed by atoms with Crippen LogP contribution in [-0.2, 0) is 5.41 Å². The largest absolute Gasteiger partial charge is 0.489 e. The van der Waals surface area contributed by atoms with E-state index >= 15 is 0 Å². The number of aliphatic hydroxyl groups is 1. The van der Waals surface area contributed by atoms with Crippen molar-refractivity contribution in [3.05, 3.63) is 28.8 Å². The lowest BCUT2D eigenvalue weighted by Crippen LogP contribution is -2.12. The maximum Gasteiger partial charge on any atom is 0.138 e. The van der Waals surface area contributed by atoms with Gasteiger partial charge in [-0.1, -0.05) is 17.7 Å². The third kappa shape index (κ3) is 2.18. The predicted octanol–water partition coefficient (Wildman–Crippen LogP) is 3.15. The molecule has 0 radical (unpaired) electrons. The van der Waals surface area contributed by atoms with Crippen LogP contribution in [0.5, 0.6) is 5.75 Å². The van der Waals surface area contributed by atoms with Gasteiger partial charge in [0.05, 0.1) is 17.7 Å². The first-order valence-corrected chi connectivity index (χ1v) is 6.03. The second-order valence-corrected chi connectivity index (χ2v) is 5.16. The molecule has 0 aromatic heterocycles. The molecule has 2 rings (SSSR count). The summed E-state index contributed by atoms with van der Waals surface area (Å²) in [6.07, 6.45) is 2.21. The molecule has 0 heterocycles. The van der Waals surface area contributed by atoms with Gasteiger partial charge in [-0.2, -0.15) is 0 Å². The molecule has 3 heteroatoms. The highest BCUT2D eigenvalue weighted by molar-refractivity contribution is 6.32. The lowest BCUT2D eigenvalue weighted by Gasteiger charge is -2.16. The molecule has 2 nitrogen and oxygen atoms in total. The van der Waals surface area contributed by atoms with Gasteiger partial charge in [-0.05, 0) is 44.4 Å². The Morgan fingerprint density at radius 3 is 2.56 bits per heavy atom. The molecule has 0 atom stereocenters. The quantitative estimate of drug-likeness (QED) is 0.876. The second-order valence-electron chi connectivity index (χ2n) is 4.75. The van der Waals surface area contributed by atoms with Crippen LogP contribution in [0.15, 0.2) is 18.2 Å². The first kappa shape index (κ1) is 11.7. The van der Waals surface area contributed by atoms with E-state index in [1.54, 1.807) is 0 Å². The minimum atomic E-state index is -0.0278. The maximum atomic E-state index is 9.34. The van der Waals surface area contributed by atoms with Crippen molar-refractivity contribution in [1.29, 1.82) is 0 Å². The Hall–Kier alpha value is -0.730. The fraction of sp³-hybridized carbons (Fsp3) is 0.538. The Labute approximate surface area is 101 Å². The molecule has 0 bridgehead atoms. The highest BCUT2D eigenvalue weighted by atomic mass is 35.5. The fourth-order valence-corrected chi connectivity index (χ4v) is 2.09. The average Bonchev–Trinajstić information content (AvgIpc) is 3.01. The Morgan fingerprint density at radius 1 is 1.44 bits per heavy atom. The summed E-state index contributed by atoms with van der Waals surface area (Å²) in [6, 6.07) is 5.82. The maximum absolute atomic E-state index is 9.34. The van der Waals surface area contributed by atoms with E-state index in [0.29, 0.717) is 10.8 Å². The Bertz CT molecular complexity index is 384. The molecule has 0 saturated heterocycles. The number of rotatable bonds is 4. The van der Waals surface area contributed by atoms with Crippen LogP contribution in [0.4, 0.5) is 0 Å². The van der Waals surface area contributed by atoms with Crippen LogP contribution in [0.25, 0.3) is 0 Å². The van der Waals surface area contributed by atoms with Crippen LogP contribution in [-0.4, -0.2) is 17.8 Å². The Kier molecular flexibility index (Phi) is 3.13. The second kappa shape index (κ2) is 4.27. The Morgan fingerprint density at radius 2 is 2.12 bits per heavy atom. The summed E-state index contributed by atoms with van der Waals surface area (Å²) in [4.78, 5) is 0. The van der Waals surface area contributed by atoms with Crippen LogP contribution in [0.3, 0.4) is 0 Å². The first-order chi connectivity index (χ1) is 7.57. The van der Waals surface area contributed by atoms with Crippen molar-refractivity contribution >= 4 is 11.6 Å². The normalized spacial score (nSPS) is 17.6. The topological polar surface area (TPSA) is 29.5 Å². The van der Waals surface area contributed by atoms with E-state index in [4.69, 9.17) is 16.3 Å². The highest BCUT2D eigenvalue weighted by Crippen LogP contribution is 2.48. The van der Waals surface area contributed by atoms with E-state index in [-0.39, 0.29) is 18.1 Å². The molecule has 1 aliphatic rings. The lowest BCUT2D eigenvalue weighted by atomic mass is 9.97. The van der Waals surface area contributed by atoms with Gasteiger partial charge < -0.3 is 9.84 Å². The van der Waals surface area contributed by atoms with Crippen LogP contribution in [0, 0.1) is 0 Å². The Balaban J connectivity index is 2.23. The zero-order valence-corrected chi connectivity index (χ0v) is 10.4. The lowest BCUT2D eigenvalue weighted by molar-refractivity contribution is 0.241. The van der Waals surface area contributed by atoms with Crippen LogP contribution < -0.4 is 4.74 Å². The van der Waals surface area contributed by atoms with Gasteiger partial charge in [0.2, 0.25) is 0 Å². The number of hydrogen-bond acceptors (Lipinski definition) is 2. The first-order valence-electron chi connectivity index (χ1n) is 5.65. The summed E-state index contributed by atoms with van der Waals surface area (Å²) in [5, 5.41) is 9.97. The van der Waals surface area contributed by atoms with Gasteiger partial charge in [-0.3, -0.25) is 0 Å². The van der Waals surface area contributed by atoms with Crippen molar-refractivity contribution in [2.75, 3.05) is 6.61 Å². The molecule has 0 spiro atoms. The van der Waals surface area contributed by atoms with Crippen LogP contribution in [0.2, 0.25) is 5.02 Å². The van der Waals surface area contributed by atoms with Crippen molar-refractivity contribution in [1.82, 2.24) is 0 Å². The standard InChI is InChI=1S/C13H17ClO2/c1-9(2)16-12-4-3-10(7-11(12)14)13(8-15)5-6-13/h3-4,7,9,15H,5-6,8H2,1-2H3. The van der Waals surface area contributed by atoms with Crippen LogP contribution >= 0.6 is 11.6 Å². The fourth-order valence-electron chi connectivity index (χ4n) is 1.87. The molecule has 1 fully saturated rings. The molecular weight excluding hydrogens is 224 g/mol. The van der Waals surface area contributed by atoms with E-state index in [2.05, 4.69) is 0 Å². The summed E-state index contributed by atoms with van der Waals surface area (Å²) in [5.41, 5.74) is 1.09. The van der Waals surface area contributed by atoms with E-state index in [9.17, 15) is 5.11 Å². The van der Waals surface area contributed by atoms with E-state index < -0.39 is 0 Å². The van der Waals surface area contributed by atoms with Crippen molar-refractivity contribution in [3.8, 4) is 5.75 Å². The van der Waals surface area contributed by atoms with E-state index in [1.807, 2.05) is 32.0 Å². The van der Waals surface area contributed by atoms with Crippen molar-refractivity contribution in [2.24, 2.45) is 0 Å². The molecule has 0 amide bonds. The van der Waals surface area contributed by atoms with Gasteiger partial charge >= 0.3 is 0 Å². The summed E-state index contributed by atoms with van der Waals surface area (Å²) in [6.45, 7) is 4.15. The molecular formula is C13H17ClO2. The molecule has 1 N–H and O–H groups in total. The summed E-state index contributed by atoms with van der Waals surface area (Å²) in [7, 11) is 0. The predicted molar refractivity (Wildman–Crippen MR) is 65.2 cm³/mol. The SMILES string of the molecule is CC(C)Oc1ccc(C2(CO)CC2)cc1Cl. The third-order valence-corrected chi connectivity index (χ3v) is 3.36. The molecule has 0 unspecified atom stereocenters. The highest BCUT2D eigenvalue weighted by Gasteiger charge is 2.43. The molecule has 1 aromatic carbocycles. The number of hydrogen-bond donors (Lipinski definition) is 1. The van der Waals surface area contributed by atoms with Gasteiger partial charge in [-0.25, -0.2) is 0 Å². The van der Waals surface area contributed by atoms with Gasteiger partial charge in [0.1, 0.15) is 5.75 Å². The zero-order chi connectivity index (χ0) is 11.8. The van der Waals surface area contributed by atoms with Crippen molar-refractivity contribution in [2.45, 2.75) is 38.2 Å². The smallest absolute Gasteiger partial charge is 0.138 e. The van der Waals surface area contributed by atoms with E-state index in [0.717, 1.165) is 18.4 Å². The van der Waals surface area contributed by atoms with Crippen molar-refractivity contribution in [3.63, 3.8) is 0 Å². The van der Waals surface area contributed by atoms with E-state index in [1.165, 1.54) is 0 Å². The molecule has 1 aromatic rings. The molecule has 16 heavy (non-hydrogen) atoms. The molecule has 88 valence electrons. The average molecular weight is 241 g/mol. The number of halogens is 1.